The highest BCUT2D eigenvalue weighted by Gasteiger charge is 2.19. The first-order chi connectivity index (χ1) is 14.3. The van der Waals surface area contributed by atoms with E-state index in [9.17, 15) is 13.6 Å². The Bertz CT molecular complexity index is 1300. The van der Waals surface area contributed by atoms with Crippen molar-refractivity contribution in [2.45, 2.75) is 33.4 Å². The number of benzene rings is 1. The molecule has 3 aromatic heterocycles. The van der Waals surface area contributed by atoms with Crippen LogP contribution in [0.4, 0.5) is 8.78 Å². The minimum atomic E-state index is -0.789. The summed E-state index contributed by atoms with van der Waals surface area (Å²) < 4.78 is 39.2. The van der Waals surface area contributed by atoms with Gasteiger partial charge < -0.3 is 4.74 Å². The molecular formula is C20H20F2N6O2. The first kappa shape index (κ1) is 19.7. The predicted octanol–water partition coefficient (Wildman–Crippen LogP) is 3.66. The monoisotopic (exact) mass is 414 g/mol. The van der Waals surface area contributed by atoms with Crippen LogP contribution in [0.25, 0.3) is 22.2 Å². The number of hydrogen-bond acceptors (Lipinski definition) is 5. The standard InChI is InChI=1S/C20H20F2N6O2/c1-5-27-10-12(8-23-27)13-6-16(22)17(7-15(13)21)30-20-25-18-14(19(29)26(20)4)9-24-28(18)11(2)3/h6-11H,5H2,1-4H3. The molecule has 4 rings (SSSR count). The molecule has 0 atom stereocenters. The van der Waals surface area contributed by atoms with E-state index in [1.165, 1.54) is 19.4 Å². The Morgan fingerprint density at radius 3 is 2.57 bits per heavy atom. The SMILES string of the molecule is CCn1cc(-c2cc(F)c(Oc3nc4c(cnn4C(C)C)c(=O)n3C)cc2F)cn1. The van der Waals surface area contributed by atoms with E-state index in [0.717, 1.165) is 16.7 Å². The number of hydrogen-bond donors (Lipinski definition) is 0. The summed E-state index contributed by atoms with van der Waals surface area (Å²) in [5, 5.41) is 8.57. The summed E-state index contributed by atoms with van der Waals surface area (Å²) in [7, 11) is 1.44. The highest BCUT2D eigenvalue weighted by atomic mass is 19.1. The Balaban J connectivity index is 1.76. The molecule has 0 aliphatic carbocycles. The molecule has 10 heteroatoms. The molecule has 0 spiro atoms. The molecular weight excluding hydrogens is 394 g/mol. The molecule has 0 aliphatic heterocycles. The van der Waals surface area contributed by atoms with Gasteiger partial charge in [-0.15, -0.1) is 0 Å². The van der Waals surface area contributed by atoms with Gasteiger partial charge in [-0.1, -0.05) is 0 Å². The molecule has 0 aliphatic rings. The Labute approximate surface area is 170 Å². The second-order valence-corrected chi connectivity index (χ2v) is 7.13. The molecule has 0 bridgehead atoms. The average molecular weight is 414 g/mol. The fraction of sp³-hybridized carbons (Fsp3) is 0.300. The van der Waals surface area contributed by atoms with Gasteiger partial charge in [0.15, 0.2) is 17.2 Å². The van der Waals surface area contributed by atoms with Crippen molar-refractivity contribution < 1.29 is 13.5 Å². The summed E-state index contributed by atoms with van der Waals surface area (Å²) in [5.41, 5.74) is 0.432. The van der Waals surface area contributed by atoms with Crippen molar-refractivity contribution in [3.8, 4) is 22.9 Å². The molecule has 4 aromatic rings. The fourth-order valence-electron chi connectivity index (χ4n) is 3.12. The van der Waals surface area contributed by atoms with Crippen LogP contribution in [0.5, 0.6) is 11.8 Å². The number of rotatable bonds is 5. The Morgan fingerprint density at radius 2 is 1.90 bits per heavy atom. The number of halogens is 2. The average Bonchev–Trinajstić information content (AvgIpc) is 3.35. The minimum absolute atomic E-state index is 0.0487. The second kappa shape index (κ2) is 7.36. The van der Waals surface area contributed by atoms with Crippen molar-refractivity contribution >= 4 is 11.0 Å². The molecule has 0 radical (unpaired) electrons. The Morgan fingerprint density at radius 1 is 1.13 bits per heavy atom. The van der Waals surface area contributed by atoms with Gasteiger partial charge >= 0.3 is 6.01 Å². The van der Waals surface area contributed by atoms with Gasteiger partial charge in [0.25, 0.3) is 5.56 Å². The van der Waals surface area contributed by atoms with Crippen LogP contribution in [0.3, 0.4) is 0 Å². The number of ether oxygens (including phenoxy) is 1. The summed E-state index contributed by atoms with van der Waals surface area (Å²) >= 11 is 0. The van der Waals surface area contributed by atoms with Crippen molar-refractivity contribution in [1.82, 2.24) is 29.1 Å². The molecule has 156 valence electrons. The van der Waals surface area contributed by atoms with E-state index in [0.29, 0.717) is 23.1 Å². The van der Waals surface area contributed by atoms with Crippen LogP contribution < -0.4 is 10.3 Å². The molecule has 1 aromatic carbocycles. The van der Waals surface area contributed by atoms with Crippen molar-refractivity contribution in [2.75, 3.05) is 0 Å². The van der Waals surface area contributed by atoms with Crippen molar-refractivity contribution in [2.24, 2.45) is 7.05 Å². The summed E-state index contributed by atoms with van der Waals surface area (Å²) in [6, 6.07) is 1.76. The third-order valence-electron chi connectivity index (χ3n) is 4.77. The van der Waals surface area contributed by atoms with Gasteiger partial charge in [-0.25, -0.2) is 13.5 Å². The highest BCUT2D eigenvalue weighted by molar-refractivity contribution is 5.74. The number of aromatic nitrogens is 6. The summed E-state index contributed by atoms with van der Waals surface area (Å²) in [5.74, 6) is -1.85. The maximum absolute atomic E-state index is 14.7. The zero-order valence-electron chi connectivity index (χ0n) is 16.9. The van der Waals surface area contributed by atoms with E-state index in [4.69, 9.17) is 4.74 Å². The van der Waals surface area contributed by atoms with Gasteiger partial charge in [0, 0.05) is 43.0 Å². The first-order valence-corrected chi connectivity index (χ1v) is 9.44. The minimum Gasteiger partial charge on any atom is -0.422 e. The summed E-state index contributed by atoms with van der Waals surface area (Å²) in [4.78, 5) is 16.9. The lowest BCUT2D eigenvalue weighted by Gasteiger charge is -2.12. The van der Waals surface area contributed by atoms with E-state index in [2.05, 4.69) is 15.2 Å². The third-order valence-corrected chi connectivity index (χ3v) is 4.77. The van der Waals surface area contributed by atoms with Gasteiger partial charge in [0.1, 0.15) is 11.2 Å². The topological polar surface area (TPSA) is 79.8 Å². The molecule has 8 nitrogen and oxygen atoms in total. The normalized spacial score (nSPS) is 11.6. The number of nitrogens with zero attached hydrogens (tertiary/aromatic N) is 6. The van der Waals surface area contributed by atoms with Gasteiger partial charge in [0.05, 0.1) is 12.4 Å². The van der Waals surface area contributed by atoms with E-state index in [1.807, 2.05) is 20.8 Å². The van der Waals surface area contributed by atoms with Crippen LogP contribution >= 0.6 is 0 Å². The Kier molecular flexibility index (Phi) is 4.84. The lowest BCUT2D eigenvalue weighted by Crippen LogP contribution is -2.20. The lowest BCUT2D eigenvalue weighted by atomic mass is 10.1. The molecule has 3 heterocycles. The largest absolute Gasteiger partial charge is 0.422 e. The van der Waals surface area contributed by atoms with Gasteiger partial charge in [-0.3, -0.25) is 14.0 Å². The maximum Gasteiger partial charge on any atom is 0.306 e. The van der Waals surface area contributed by atoms with Crippen LogP contribution in [0, 0.1) is 11.6 Å². The van der Waals surface area contributed by atoms with Crippen LogP contribution in [-0.2, 0) is 13.6 Å². The molecule has 0 unspecified atom stereocenters. The van der Waals surface area contributed by atoms with E-state index < -0.39 is 17.2 Å². The van der Waals surface area contributed by atoms with E-state index >= 15 is 0 Å². The number of fused-ring (bicyclic) bond motifs is 1. The second-order valence-electron chi connectivity index (χ2n) is 7.13. The smallest absolute Gasteiger partial charge is 0.306 e. The number of aryl methyl sites for hydroxylation is 1. The van der Waals surface area contributed by atoms with Gasteiger partial charge in [-0.05, 0) is 26.8 Å². The molecule has 0 amide bonds. The van der Waals surface area contributed by atoms with E-state index in [-0.39, 0.29) is 23.4 Å². The van der Waals surface area contributed by atoms with Crippen LogP contribution in [0.15, 0.2) is 35.5 Å². The zero-order chi connectivity index (χ0) is 21.6. The van der Waals surface area contributed by atoms with Crippen molar-refractivity contribution in [3.63, 3.8) is 0 Å². The molecule has 0 saturated heterocycles. The molecule has 0 N–H and O–H groups in total. The molecule has 0 fully saturated rings. The van der Waals surface area contributed by atoms with Gasteiger partial charge in [0.2, 0.25) is 0 Å². The van der Waals surface area contributed by atoms with Crippen molar-refractivity contribution in [1.29, 1.82) is 0 Å². The van der Waals surface area contributed by atoms with Crippen LogP contribution in [0.2, 0.25) is 0 Å². The predicted molar refractivity (Wildman–Crippen MR) is 106 cm³/mol. The third kappa shape index (κ3) is 3.23. The summed E-state index contributed by atoms with van der Waals surface area (Å²) in [6.45, 7) is 6.28. The fourth-order valence-corrected chi connectivity index (χ4v) is 3.12. The molecule has 30 heavy (non-hydrogen) atoms. The summed E-state index contributed by atoms with van der Waals surface area (Å²) in [6.07, 6.45) is 4.53. The zero-order valence-corrected chi connectivity index (χ0v) is 16.9. The maximum atomic E-state index is 14.7. The van der Waals surface area contributed by atoms with Crippen molar-refractivity contribution in [3.05, 3.63) is 52.7 Å². The van der Waals surface area contributed by atoms with Gasteiger partial charge in [-0.2, -0.15) is 15.2 Å². The lowest BCUT2D eigenvalue weighted by molar-refractivity contribution is 0.386. The quantitative estimate of drug-likeness (QED) is 0.498. The highest BCUT2D eigenvalue weighted by Crippen LogP contribution is 2.31. The van der Waals surface area contributed by atoms with Crippen LogP contribution in [0.1, 0.15) is 26.8 Å². The first-order valence-electron chi connectivity index (χ1n) is 9.44. The molecule has 0 saturated carbocycles. The Hall–Kier alpha value is -3.56. The van der Waals surface area contributed by atoms with E-state index in [1.54, 1.807) is 15.6 Å². The van der Waals surface area contributed by atoms with Crippen LogP contribution in [-0.4, -0.2) is 29.1 Å².